The van der Waals surface area contributed by atoms with Crippen molar-refractivity contribution in [3.8, 4) is 6.07 Å². The molecule has 1 aliphatic heterocycles. The summed E-state index contributed by atoms with van der Waals surface area (Å²) in [4.78, 5) is 32.5. The Labute approximate surface area is 170 Å². The molecule has 2 amide bonds. The van der Waals surface area contributed by atoms with E-state index in [0.29, 0.717) is 46.0 Å². The van der Waals surface area contributed by atoms with Gasteiger partial charge in [0.1, 0.15) is 0 Å². The quantitative estimate of drug-likeness (QED) is 0.435. The van der Waals surface area contributed by atoms with Gasteiger partial charge in [-0.05, 0) is 37.1 Å². The van der Waals surface area contributed by atoms with Crippen LogP contribution >= 0.6 is 0 Å². The Morgan fingerprint density at radius 2 is 2.13 bits per heavy atom. The summed E-state index contributed by atoms with van der Waals surface area (Å²) in [6, 6.07) is 9.44. The molecule has 3 aromatic rings. The number of rotatable bonds is 5. The number of imide groups is 1. The molecule has 2 aliphatic rings. The number of carbonyl (C=O) groups is 2. The first-order valence-electron chi connectivity index (χ1n) is 9.43. The van der Waals surface area contributed by atoms with E-state index in [1.807, 2.05) is 6.07 Å². The highest BCUT2D eigenvalue weighted by atomic mass is 16.2. The lowest BCUT2D eigenvalue weighted by Gasteiger charge is -2.10. The smallest absolute Gasteiger partial charge is 0.254 e. The topological polar surface area (TPSA) is 137 Å². The minimum atomic E-state index is -0.406. The first kappa shape index (κ1) is 17.8. The fourth-order valence-corrected chi connectivity index (χ4v) is 3.16. The molecule has 1 saturated heterocycles. The van der Waals surface area contributed by atoms with Gasteiger partial charge in [0, 0.05) is 22.9 Å². The maximum atomic E-state index is 11.9. The number of hydrogen-bond acceptors (Lipinski definition) is 8. The van der Waals surface area contributed by atoms with Crippen molar-refractivity contribution in [3.63, 3.8) is 0 Å². The molecule has 2 fully saturated rings. The number of nitrogens with zero attached hydrogens (tertiary/aromatic N) is 5. The highest BCUT2D eigenvalue weighted by Crippen LogP contribution is 2.27. The summed E-state index contributed by atoms with van der Waals surface area (Å²) in [7, 11) is 0. The van der Waals surface area contributed by atoms with Crippen LogP contribution in [0.4, 0.5) is 17.6 Å². The average molecular weight is 400 g/mol. The lowest BCUT2D eigenvalue weighted by Crippen LogP contribution is -2.19. The Morgan fingerprint density at radius 3 is 2.87 bits per heavy atom. The summed E-state index contributed by atoms with van der Waals surface area (Å²) in [5.41, 5.74) is 2.65. The number of aromatic nitrogens is 4. The SMILES string of the molecule is N#Cc1cccc(Nc2nc(NC3CC3)n3ncc(/C=C4\CC(=O)NC4=O)c3n2)c1. The van der Waals surface area contributed by atoms with Crippen molar-refractivity contribution in [1.82, 2.24) is 24.9 Å². The zero-order chi connectivity index (χ0) is 20.7. The van der Waals surface area contributed by atoms with Crippen LogP contribution in [0.3, 0.4) is 0 Å². The molecular formula is C20H16N8O2. The molecule has 10 heteroatoms. The number of nitrogens with one attached hydrogen (secondary N) is 3. The van der Waals surface area contributed by atoms with E-state index in [1.54, 1.807) is 35.0 Å². The van der Waals surface area contributed by atoms with Gasteiger partial charge in [0.2, 0.25) is 17.8 Å². The predicted octanol–water partition coefficient (Wildman–Crippen LogP) is 1.74. The Bertz CT molecular complexity index is 1270. The third-order valence-corrected chi connectivity index (χ3v) is 4.78. The van der Waals surface area contributed by atoms with Crippen molar-refractivity contribution in [1.29, 1.82) is 5.26 Å². The molecule has 3 heterocycles. The molecule has 3 N–H and O–H groups in total. The zero-order valence-electron chi connectivity index (χ0n) is 15.7. The lowest BCUT2D eigenvalue weighted by molar-refractivity contribution is -0.124. The maximum Gasteiger partial charge on any atom is 0.254 e. The molecule has 1 aromatic carbocycles. The van der Waals surface area contributed by atoms with Crippen LogP contribution in [0.25, 0.3) is 11.7 Å². The van der Waals surface area contributed by atoms with Gasteiger partial charge in [-0.1, -0.05) is 6.07 Å². The Hall–Kier alpha value is -4.26. The first-order chi connectivity index (χ1) is 14.6. The summed E-state index contributed by atoms with van der Waals surface area (Å²) in [5, 5.41) is 22.2. The van der Waals surface area contributed by atoms with Gasteiger partial charge in [0.25, 0.3) is 5.91 Å². The van der Waals surface area contributed by atoms with Crippen LogP contribution in [0.15, 0.2) is 36.0 Å². The Kier molecular flexibility index (Phi) is 4.14. The van der Waals surface area contributed by atoms with Crippen molar-refractivity contribution in [2.24, 2.45) is 0 Å². The van der Waals surface area contributed by atoms with Gasteiger partial charge < -0.3 is 10.6 Å². The Balaban J connectivity index is 1.57. The molecule has 5 rings (SSSR count). The third-order valence-electron chi connectivity index (χ3n) is 4.78. The number of carbonyl (C=O) groups excluding carboxylic acids is 2. The van der Waals surface area contributed by atoms with Crippen LogP contribution in [-0.4, -0.2) is 37.4 Å². The summed E-state index contributed by atoms with van der Waals surface area (Å²) in [6.07, 6.45) is 5.35. The summed E-state index contributed by atoms with van der Waals surface area (Å²) in [5.74, 6) is 0.121. The molecule has 2 aromatic heterocycles. The standard InChI is InChI=1S/C20H16N8O2/c21-9-11-2-1-3-15(6-11)23-19-26-17-13(7-12-8-16(29)25-18(12)30)10-22-28(17)20(27-19)24-14-4-5-14/h1-3,6-7,10,14H,4-5,8H2,(H,25,29,30)(H2,23,24,26,27)/b12-7+. The second-order valence-electron chi connectivity index (χ2n) is 7.17. The third kappa shape index (κ3) is 3.44. The highest BCUT2D eigenvalue weighted by Gasteiger charge is 2.26. The van der Waals surface area contributed by atoms with E-state index >= 15 is 0 Å². The largest absolute Gasteiger partial charge is 0.351 e. The number of benzene rings is 1. The minimum Gasteiger partial charge on any atom is -0.351 e. The van der Waals surface area contributed by atoms with Gasteiger partial charge in [0.15, 0.2) is 5.65 Å². The minimum absolute atomic E-state index is 0.0283. The molecule has 0 spiro atoms. The monoisotopic (exact) mass is 400 g/mol. The number of fused-ring (bicyclic) bond motifs is 1. The van der Waals surface area contributed by atoms with Crippen molar-refractivity contribution < 1.29 is 9.59 Å². The second kappa shape index (κ2) is 6.97. The summed E-state index contributed by atoms with van der Waals surface area (Å²) in [6.45, 7) is 0. The van der Waals surface area contributed by atoms with Crippen molar-refractivity contribution in [2.75, 3.05) is 10.6 Å². The lowest BCUT2D eigenvalue weighted by atomic mass is 10.1. The predicted molar refractivity (Wildman–Crippen MR) is 108 cm³/mol. The molecule has 0 unspecified atom stereocenters. The van der Waals surface area contributed by atoms with E-state index in [2.05, 4.69) is 37.1 Å². The van der Waals surface area contributed by atoms with E-state index < -0.39 is 5.91 Å². The Morgan fingerprint density at radius 1 is 1.27 bits per heavy atom. The molecule has 1 saturated carbocycles. The number of anilines is 3. The van der Waals surface area contributed by atoms with Gasteiger partial charge in [-0.25, -0.2) is 0 Å². The van der Waals surface area contributed by atoms with E-state index in [1.165, 1.54) is 0 Å². The number of hydrogen-bond donors (Lipinski definition) is 3. The molecular weight excluding hydrogens is 384 g/mol. The fraction of sp³-hybridized carbons (Fsp3) is 0.200. The van der Waals surface area contributed by atoms with E-state index in [-0.39, 0.29) is 12.3 Å². The van der Waals surface area contributed by atoms with Crippen LogP contribution in [0, 0.1) is 11.3 Å². The maximum absolute atomic E-state index is 11.9. The number of amides is 2. The van der Waals surface area contributed by atoms with Crippen molar-refractivity contribution >= 4 is 41.1 Å². The van der Waals surface area contributed by atoms with Crippen LogP contribution in [0.1, 0.15) is 30.4 Å². The molecule has 0 bridgehead atoms. The van der Waals surface area contributed by atoms with Gasteiger partial charge in [0.05, 0.1) is 24.3 Å². The highest BCUT2D eigenvalue weighted by molar-refractivity contribution is 6.15. The fourth-order valence-electron chi connectivity index (χ4n) is 3.16. The molecule has 148 valence electrons. The average Bonchev–Trinajstić information content (AvgIpc) is 3.37. The molecule has 0 atom stereocenters. The molecule has 0 radical (unpaired) electrons. The normalized spacial score (nSPS) is 17.2. The second-order valence-corrected chi connectivity index (χ2v) is 7.17. The van der Waals surface area contributed by atoms with E-state index in [0.717, 1.165) is 12.8 Å². The van der Waals surface area contributed by atoms with Gasteiger partial charge in [-0.15, -0.1) is 0 Å². The van der Waals surface area contributed by atoms with Gasteiger partial charge in [-0.2, -0.15) is 24.8 Å². The molecule has 30 heavy (non-hydrogen) atoms. The van der Waals surface area contributed by atoms with E-state index in [4.69, 9.17) is 5.26 Å². The summed E-state index contributed by atoms with van der Waals surface area (Å²) >= 11 is 0. The van der Waals surface area contributed by atoms with Crippen molar-refractivity contribution in [3.05, 3.63) is 47.2 Å². The molecule has 1 aliphatic carbocycles. The van der Waals surface area contributed by atoms with Crippen molar-refractivity contribution in [2.45, 2.75) is 25.3 Å². The number of nitriles is 1. The van der Waals surface area contributed by atoms with Gasteiger partial charge >= 0.3 is 0 Å². The van der Waals surface area contributed by atoms with E-state index in [9.17, 15) is 9.59 Å². The summed E-state index contributed by atoms with van der Waals surface area (Å²) < 4.78 is 1.58. The van der Waals surface area contributed by atoms with Crippen LogP contribution < -0.4 is 16.0 Å². The molecule has 10 nitrogen and oxygen atoms in total. The van der Waals surface area contributed by atoms with Gasteiger partial charge in [-0.3, -0.25) is 14.9 Å². The zero-order valence-corrected chi connectivity index (χ0v) is 15.7. The first-order valence-corrected chi connectivity index (χ1v) is 9.43. The van der Waals surface area contributed by atoms with Crippen LogP contribution in [0.2, 0.25) is 0 Å². The van der Waals surface area contributed by atoms with Crippen LogP contribution in [0.5, 0.6) is 0 Å². The van der Waals surface area contributed by atoms with Crippen LogP contribution in [-0.2, 0) is 9.59 Å².